The fourth-order valence-electron chi connectivity index (χ4n) is 2.34. The molecule has 5 heteroatoms. The van der Waals surface area contributed by atoms with E-state index in [-0.39, 0.29) is 6.04 Å². The molecule has 21 heavy (non-hydrogen) atoms. The van der Waals surface area contributed by atoms with Gasteiger partial charge in [0.05, 0.1) is 27.4 Å². The predicted molar refractivity (Wildman–Crippen MR) is 81.2 cm³/mol. The molecule has 0 bridgehead atoms. The van der Waals surface area contributed by atoms with Crippen LogP contribution in [0.4, 0.5) is 0 Å². The van der Waals surface area contributed by atoms with Crippen LogP contribution in [0.15, 0.2) is 36.7 Å². The molecular formula is C16H20N2O3. The number of pyridine rings is 1. The average molecular weight is 288 g/mol. The summed E-state index contributed by atoms with van der Waals surface area (Å²) in [4.78, 5) is 4.17. The molecule has 5 nitrogen and oxygen atoms in total. The fourth-order valence-corrected chi connectivity index (χ4v) is 2.34. The van der Waals surface area contributed by atoms with Crippen molar-refractivity contribution < 1.29 is 14.2 Å². The third-order valence-electron chi connectivity index (χ3n) is 3.33. The maximum atomic E-state index is 5.40. The number of aromatic nitrogens is 1. The first-order valence-electron chi connectivity index (χ1n) is 6.62. The predicted octanol–water partition coefficient (Wildman–Crippen LogP) is 2.42. The average Bonchev–Trinajstić information content (AvgIpc) is 2.55. The number of hydrogen-bond acceptors (Lipinski definition) is 5. The van der Waals surface area contributed by atoms with Crippen molar-refractivity contribution in [2.45, 2.75) is 6.04 Å². The first-order valence-corrected chi connectivity index (χ1v) is 6.62. The molecule has 1 aromatic carbocycles. The van der Waals surface area contributed by atoms with Gasteiger partial charge < -0.3 is 19.5 Å². The summed E-state index contributed by atoms with van der Waals surface area (Å²) in [5, 5.41) is 3.28. The van der Waals surface area contributed by atoms with Gasteiger partial charge in [0.25, 0.3) is 0 Å². The first kappa shape index (κ1) is 15.1. The Labute approximate surface area is 124 Å². The van der Waals surface area contributed by atoms with Crippen LogP contribution in [0, 0.1) is 0 Å². The molecule has 2 aromatic rings. The lowest BCUT2D eigenvalue weighted by molar-refractivity contribution is 0.323. The molecular weight excluding hydrogens is 268 g/mol. The van der Waals surface area contributed by atoms with E-state index in [2.05, 4.69) is 10.3 Å². The fraction of sp³-hybridized carbons (Fsp3) is 0.312. The summed E-state index contributed by atoms with van der Waals surface area (Å²) in [6, 6.07) is 7.81. The minimum atomic E-state index is -0.00703. The first-order chi connectivity index (χ1) is 10.2. The number of methoxy groups -OCH3 is 3. The van der Waals surface area contributed by atoms with Crippen molar-refractivity contribution in [1.29, 1.82) is 0 Å². The summed E-state index contributed by atoms with van der Waals surface area (Å²) in [7, 11) is 6.72. The Kier molecular flexibility index (Phi) is 5.00. The van der Waals surface area contributed by atoms with Gasteiger partial charge in [-0.25, -0.2) is 0 Å². The molecule has 1 atom stereocenters. The van der Waals surface area contributed by atoms with Gasteiger partial charge in [-0.05, 0) is 36.4 Å². The van der Waals surface area contributed by atoms with Crippen molar-refractivity contribution in [1.82, 2.24) is 10.3 Å². The molecule has 112 valence electrons. The molecule has 0 saturated heterocycles. The van der Waals surface area contributed by atoms with Crippen molar-refractivity contribution in [2.75, 3.05) is 28.4 Å². The minimum absolute atomic E-state index is 0.00703. The largest absolute Gasteiger partial charge is 0.493 e. The Morgan fingerprint density at radius 1 is 1.00 bits per heavy atom. The maximum absolute atomic E-state index is 5.40. The third kappa shape index (κ3) is 3.08. The lowest BCUT2D eigenvalue weighted by Gasteiger charge is -2.20. The van der Waals surface area contributed by atoms with Gasteiger partial charge in [-0.15, -0.1) is 0 Å². The number of hydrogen-bond donors (Lipinski definition) is 1. The highest BCUT2D eigenvalue weighted by Gasteiger charge is 2.19. The van der Waals surface area contributed by atoms with Gasteiger partial charge in [-0.3, -0.25) is 4.98 Å². The number of nitrogens with zero attached hydrogens (tertiary/aromatic N) is 1. The van der Waals surface area contributed by atoms with Gasteiger partial charge in [0.15, 0.2) is 11.5 Å². The van der Waals surface area contributed by atoms with Crippen LogP contribution in [0.1, 0.15) is 17.2 Å². The normalized spacial score (nSPS) is 11.8. The summed E-state index contributed by atoms with van der Waals surface area (Å²) in [5.74, 6) is 1.86. The zero-order valence-electron chi connectivity index (χ0n) is 12.7. The second-order valence-electron chi connectivity index (χ2n) is 4.47. The van der Waals surface area contributed by atoms with Crippen LogP contribution in [-0.4, -0.2) is 33.4 Å². The molecule has 1 aromatic heterocycles. The van der Waals surface area contributed by atoms with Crippen LogP contribution >= 0.6 is 0 Å². The SMILES string of the molecule is CNC(c1cccnc1)c1cc(OC)c(OC)c(OC)c1. The van der Waals surface area contributed by atoms with Crippen LogP contribution in [0.3, 0.4) is 0 Å². The second kappa shape index (κ2) is 6.95. The topological polar surface area (TPSA) is 52.6 Å². The van der Waals surface area contributed by atoms with Gasteiger partial charge >= 0.3 is 0 Å². The molecule has 1 N–H and O–H groups in total. The highest BCUT2D eigenvalue weighted by atomic mass is 16.5. The van der Waals surface area contributed by atoms with Crippen molar-refractivity contribution in [3.8, 4) is 17.2 Å². The summed E-state index contributed by atoms with van der Waals surface area (Å²) in [6.07, 6.45) is 3.59. The van der Waals surface area contributed by atoms with E-state index in [0.717, 1.165) is 11.1 Å². The third-order valence-corrected chi connectivity index (χ3v) is 3.33. The molecule has 0 aliphatic carbocycles. The van der Waals surface area contributed by atoms with E-state index >= 15 is 0 Å². The number of ether oxygens (including phenoxy) is 3. The molecule has 0 radical (unpaired) electrons. The van der Waals surface area contributed by atoms with Crippen molar-refractivity contribution in [3.05, 3.63) is 47.8 Å². The highest BCUT2D eigenvalue weighted by Crippen LogP contribution is 2.40. The molecule has 0 aliphatic rings. The van der Waals surface area contributed by atoms with Crippen molar-refractivity contribution >= 4 is 0 Å². The Morgan fingerprint density at radius 2 is 1.67 bits per heavy atom. The van der Waals surface area contributed by atoms with Crippen LogP contribution < -0.4 is 19.5 Å². The van der Waals surface area contributed by atoms with Crippen LogP contribution in [0.5, 0.6) is 17.2 Å². The molecule has 0 spiro atoms. The van der Waals surface area contributed by atoms with Crippen LogP contribution in [-0.2, 0) is 0 Å². The quantitative estimate of drug-likeness (QED) is 0.884. The van der Waals surface area contributed by atoms with Crippen LogP contribution in [0.2, 0.25) is 0 Å². The van der Waals surface area contributed by atoms with Gasteiger partial charge in [-0.2, -0.15) is 0 Å². The lowest BCUT2D eigenvalue weighted by Crippen LogP contribution is -2.18. The summed E-state index contributed by atoms with van der Waals surface area (Å²) < 4.78 is 16.2. The maximum Gasteiger partial charge on any atom is 0.203 e. The van der Waals surface area contributed by atoms with Gasteiger partial charge in [0, 0.05) is 12.4 Å². The summed E-state index contributed by atoms with van der Waals surface area (Å²) >= 11 is 0. The lowest BCUT2D eigenvalue weighted by atomic mass is 9.99. The molecule has 0 fully saturated rings. The summed E-state index contributed by atoms with van der Waals surface area (Å²) in [5.41, 5.74) is 2.08. The summed E-state index contributed by atoms with van der Waals surface area (Å²) in [6.45, 7) is 0. The molecule has 1 heterocycles. The Hall–Kier alpha value is -2.27. The highest BCUT2D eigenvalue weighted by molar-refractivity contribution is 5.55. The van der Waals surface area contributed by atoms with Gasteiger partial charge in [0.2, 0.25) is 5.75 Å². The number of benzene rings is 1. The van der Waals surface area contributed by atoms with Gasteiger partial charge in [0.1, 0.15) is 0 Å². The van der Waals surface area contributed by atoms with E-state index in [1.807, 2.05) is 37.5 Å². The zero-order valence-corrected chi connectivity index (χ0v) is 12.7. The van der Waals surface area contributed by atoms with Gasteiger partial charge in [-0.1, -0.05) is 6.07 Å². The zero-order chi connectivity index (χ0) is 15.2. The monoisotopic (exact) mass is 288 g/mol. The van der Waals surface area contributed by atoms with Crippen molar-refractivity contribution in [2.24, 2.45) is 0 Å². The van der Waals surface area contributed by atoms with E-state index in [0.29, 0.717) is 17.2 Å². The van der Waals surface area contributed by atoms with E-state index in [9.17, 15) is 0 Å². The molecule has 1 unspecified atom stereocenters. The molecule has 0 aliphatic heterocycles. The number of nitrogens with one attached hydrogen (secondary N) is 1. The molecule has 0 saturated carbocycles. The van der Waals surface area contributed by atoms with E-state index in [1.165, 1.54) is 0 Å². The molecule has 0 amide bonds. The van der Waals surface area contributed by atoms with E-state index in [1.54, 1.807) is 27.5 Å². The number of rotatable bonds is 6. The Bertz CT molecular complexity index is 562. The van der Waals surface area contributed by atoms with Crippen LogP contribution in [0.25, 0.3) is 0 Å². The van der Waals surface area contributed by atoms with E-state index in [4.69, 9.17) is 14.2 Å². The van der Waals surface area contributed by atoms with E-state index < -0.39 is 0 Å². The Balaban J connectivity index is 2.52. The Morgan fingerprint density at radius 3 is 2.10 bits per heavy atom. The smallest absolute Gasteiger partial charge is 0.203 e. The standard InChI is InChI=1S/C16H20N2O3/c1-17-15(11-6-5-7-18-10-11)12-8-13(19-2)16(21-4)14(9-12)20-3/h5-10,15,17H,1-4H3. The second-order valence-corrected chi connectivity index (χ2v) is 4.47. The van der Waals surface area contributed by atoms with Crippen molar-refractivity contribution in [3.63, 3.8) is 0 Å². The molecule has 2 rings (SSSR count). The minimum Gasteiger partial charge on any atom is -0.493 e.